The summed E-state index contributed by atoms with van der Waals surface area (Å²) in [6.45, 7) is 8.67. The third-order valence-corrected chi connectivity index (χ3v) is 1.54. The average molecular weight is 229 g/mol. The van der Waals surface area contributed by atoms with Crippen LogP contribution in [0.2, 0.25) is 0 Å². The molecule has 16 heavy (non-hydrogen) atoms. The Hall–Kier alpha value is -1.56. The van der Waals surface area contributed by atoms with Gasteiger partial charge in [-0.05, 0) is 20.8 Å². The third kappa shape index (κ3) is 5.35. The molecule has 0 bridgehead atoms. The number of carbonyl (C=O) groups is 2. The molecular weight excluding hydrogens is 210 g/mol. The van der Waals surface area contributed by atoms with Crippen LogP contribution in [-0.2, 0) is 9.53 Å². The quantitative estimate of drug-likeness (QED) is 0.539. The molecule has 2 amide bonds. The highest BCUT2D eigenvalue weighted by atomic mass is 16.6. The van der Waals surface area contributed by atoms with Crippen LogP contribution in [0.3, 0.4) is 0 Å². The lowest BCUT2D eigenvalue weighted by Crippen LogP contribution is -2.51. The highest BCUT2D eigenvalue weighted by molar-refractivity contribution is 5.82. The lowest BCUT2D eigenvalue weighted by molar-refractivity contribution is -0.119. The van der Waals surface area contributed by atoms with Crippen LogP contribution in [0.15, 0.2) is 12.7 Å². The van der Waals surface area contributed by atoms with E-state index in [0.29, 0.717) is 0 Å². The van der Waals surface area contributed by atoms with Crippen LogP contribution in [0.4, 0.5) is 4.79 Å². The summed E-state index contributed by atoms with van der Waals surface area (Å²) in [6.07, 6.45) is 0.712. The van der Waals surface area contributed by atoms with Gasteiger partial charge in [0.15, 0.2) is 0 Å². The Morgan fingerprint density at radius 1 is 1.50 bits per heavy atom. The van der Waals surface area contributed by atoms with Crippen molar-refractivity contribution in [3.63, 3.8) is 0 Å². The maximum Gasteiger partial charge on any atom is 0.424 e. The number of nitrogens with one attached hydrogen (secondary N) is 1. The number of carbonyl (C=O) groups excluding carboxylic acids is 2. The number of hydrogen-bond donors (Lipinski definition) is 2. The summed E-state index contributed by atoms with van der Waals surface area (Å²) in [5.74, 6) is -0.620. The van der Waals surface area contributed by atoms with Gasteiger partial charge < -0.3 is 10.5 Å². The lowest BCUT2D eigenvalue weighted by atomic mass is 10.2. The molecular formula is C10H19N3O3. The van der Waals surface area contributed by atoms with Gasteiger partial charge in [0.1, 0.15) is 11.6 Å². The molecule has 0 fully saturated rings. The Morgan fingerprint density at radius 3 is 2.31 bits per heavy atom. The Kier molecular flexibility index (Phi) is 4.97. The van der Waals surface area contributed by atoms with Crippen molar-refractivity contribution in [2.24, 2.45) is 5.73 Å². The van der Waals surface area contributed by atoms with E-state index in [0.717, 1.165) is 5.01 Å². The van der Waals surface area contributed by atoms with E-state index in [-0.39, 0.29) is 0 Å². The first kappa shape index (κ1) is 14.4. The van der Waals surface area contributed by atoms with Gasteiger partial charge in [-0.25, -0.2) is 15.2 Å². The minimum Gasteiger partial charge on any atom is -0.443 e. The van der Waals surface area contributed by atoms with Crippen molar-refractivity contribution in [2.75, 3.05) is 7.05 Å². The molecule has 3 N–H and O–H groups in total. The predicted octanol–water partition coefficient (Wildman–Crippen LogP) is 0.398. The highest BCUT2D eigenvalue weighted by Crippen LogP contribution is 2.08. The van der Waals surface area contributed by atoms with Gasteiger partial charge in [-0.15, -0.1) is 6.58 Å². The number of ether oxygens (including phenoxy) is 1. The van der Waals surface area contributed by atoms with Crippen molar-refractivity contribution in [1.29, 1.82) is 0 Å². The summed E-state index contributed by atoms with van der Waals surface area (Å²) >= 11 is 0. The maximum atomic E-state index is 11.5. The van der Waals surface area contributed by atoms with Crippen LogP contribution < -0.4 is 11.2 Å². The molecule has 0 unspecified atom stereocenters. The number of nitrogens with zero attached hydrogens (tertiary/aromatic N) is 1. The van der Waals surface area contributed by atoms with E-state index in [1.165, 1.54) is 13.1 Å². The molecule has 0 aromatic carbocycles. The highest BCUT2D eigenvalue weighted by Gasteiger charge is 2.22. The van der Waals surface area contributed by atoms with Gasteiger partial charge in [-0.2, -0.15) is 0 Å². The third-order valence-electron chi connectivity index (χ3n) is 1.54. The van der Waals surface area contributed by atoms with E-state index < -0.39 is 23.6 Å². The van der Waals surface area contributed by atoms with Gasteiger partial charge in [0, 0.05) is 7.05 Å². The molecule has 0 aliphatic heterocycles. The fourth-order valence-corrected chi connectivity index (χ4v) is 0.824. The molecule has 0 aromatic heterocycles. The number of nitrogens with two attached hydrogens (primary N) is 1. The molecule has 6 nitrogen and oxygen atoms in total. The Morgan fingerprint density at radius 2 is 2.00 bits per heavy atom. The van der Waals surface area contributed by atoms with Gasteiger partial charge in [0.2, 0.25) is 5.91 Å². The van der Waals surface area contributed by atoms with Gasteiger partial charge in [-0.1, -0.05) is 6.08 Å². The summed E-state index contributed by atoms with van der Waals surface area (Å²) in [7, 11) is 1.44. The van der Waals surface area contributed by atoms with E-state index >= 15 is 0 Å². The second-order valence-corrected chi connectivity index (χ2v) is 4.28. The number of primary amides is 1. The number of rotatable bonds is 4. The molecule has 0 aliphatic carbocycles. The zero-order chi connectivity index (χ0) is 12.9. The average Bonchev–Trinajstić information content (AvgIpc) is 2.10. The minimum absolute atomic E-state index is 0.594. The SMILES string of the molecule is C=C[C@@H](NN(C)C(=O)OC(C)(C)C)C(N)=O. The smallest absolute Gasteiger partial charge is 0.424 e. The first-order valence-corrected chi connectivity index (χ1v) is 4.82. The molecule has 6 heteroatoms. The molecule has 0 rings (SSSR count). The van der Waals surface area contributed by atoms with Gasteiger partial charge >= 0.3 is 6.09 Å². The topological polar surface area (TPSA) is 84.7 Å². The van der Waals surface area contributed by atoms with Crippen LogP contribution >= 0.6 is 0 Å². The normalized spacial score (nSPS) is 12.8. The van der Waals surface area contributed by atoms with Crippen molar-refractivity contribution in [3.8, 4) is 0 Å². The summed E-state index contributed by atoms with van der Waals surface area (Å²) in [4.78, 5) is 22.4. The van der Waals surface area contributed by atoms with Crippen molar-refractivity contribution < 1.29 is 14.3 Å². The van der Waals surface area contributed by atoms with Crippen LogP contribution in [0.5, 0.6) is 0 Å². The monoisotopic (exact) mass is 229 g/mol. The minimum atomic E-state index is -0.808. The molecule has 0 spiro atoms. The maximum absolute atomic E-state index is 11.5. The fraction of sp³-hybridized carbons (Fsp3) is 0.600. The molecule has 0 saturated carbocycles. The summed E-state index contributed by atoms with van der Waals surface area (Å²) in [5.41, 5.74) is 7.03. The van der Waals surface area contributed by atoms with Crippen molar-refractivity contribution in [2.45, 2.75) is 32.4 Å². The first-order valence-electron chi connectivity index (χ1n) is 4.82. The standard InChI is InChI=1S/C10H19N3O3/c1-6-7(8(11)14)12-13(5)9(15)16-10(2,3)4/h6-7,12H,1H2,2-5H3,(H2,11,14)/t7-/m1/s1. The fourth-order valence-electron chi connectivity index (χ4n) is 0.824. The zero-order valence-corrected chi connectivity index (χ0v) is 10.1. The number of amides is 2. The largest absolute Gasteiger partial charge is 0.443 e. The summed E-state index contributed by atoms with van der Waals surface area (Å²) < 4.78 is 5.06. The van der Waals surface area contributed by atoms with E-state index in [2.05, 4.69) is 12.0 Å². The Bertz CT molecular complexity index is 284. The zero-order valence-electron chi connectivity index (χ0n) is 10.1. The van der Waals surface area contributed by atoms with Crippen LogP contribution in [0.1, 0.15) is 20.8 Å². The lowest BCUT2D eigenvalue weighted by Gasteiger charge is -2.26. The summed E-state index contributed by atoms with van der Waals surface area (Å²) in [6, 6.07) is -0.808. The van der Waals surface area contributed by atoms with Crippen LogP contribution in [0.25, 0.3) is 0 Å². The van der Waals surface area contributed by atoms with Gasteiger partial charge in [0.25, 0.3) is 0 Å². The molecule has 0 aromatic rings. The van der Waals surface area contributed by atoms with Gasteiger partial charge in [0.05, 0.1) is 0 Å². The van der Waals surface area contributed by atoms with Crippen molar-refractivity contribution >= 4 is 12.0 Å². The van der Waals surface area contributed by atoms with Crippen LogP contribution in [0, 0.1) is 0 Å². The molecule has 0 saturated heterocycles. The van der Waals surface area contributed by atoms with E-state index in [1.807, 2.05) is 0 Å². The second kappa shape index (κ2) is 5.50. The molecule has 1 atom stereocenters. The Balaban J connectivity index is 4.35. The molecule has 0 aliphatic rings. The number of hydrazine groups is 1. The molecule has 92 valence electrons. The summed E-state index contributed by atoms with van der Waals surface area (Å²) in [5, 5.41) is 1.06. The van der Waals surface area contributed by atoms with Crippen molar-refractivity contribution in [3.05, 3.63) is 12.7 Å². The van der Waals surface area contributed by atoms with Crippen LogP contribution in [-0.4, -0.2) is 35.7 Å². The number of hydrogen-bond acceptors (Lipinski definition) is 4. The predicted molar refractivity (Wildman–Crippen MR) is 60.3 cm³/mol. The van der Waals surface area contributed by atoms with E-state index in [1.54, 1.807) is 20.8 Å². The second-order valence-electron chi connectivity index (χ2n) is 4.28. The van der Waals surface area contributed by atoms with E-state index in [9.17, 15) is 9.59 Å². The van der Waals surface area contributed by atoms with Crippen molar-refractivity contribution in [1.82, 2.24) is 10.4 Å². The van der Waals surface area contributed by atoms with Gasteiger partial charge in [-0.3, -0.25) is 4.79 Å². The van der Waals surface area contributed by atoms with E-state index in [4.69, 9.17) is 10.5 Å². The first-order chi connectivity index (χ1) is 7.17. The molecule has 0 radical (unpaired) electrons. The Labute approximate surface area is 95.4 Å². The molecule has 0 heterocycles.